The van der Waals surface area contributed by atoms with Crippen molar-refractivity contribution in [3.05, 3.63) is 65.7 Å². The molecule has 2 nitrogen and oxygen atoms in total. The van der Waals surface area contributed by atoms with Crippen LogP contribution in [0.1, 0.15) is 30.1 Å². The molecule has 1 unspecified atom stereocenters. The fourth-order valence-corrected chi connectivity index (χ4v) is 3.06. The summed E-state index contributed by atoms with van der Waals surface area (Å²) in [5, 5.41) is 3.44. The SMILES string of the molecule is Cc1cccc(OC(c2ccccc2)C2CCNCC2)c1. The van der Waals surface area contributed by atoms with Gasteiger partial charge in [0.2, 0.25) is 0 Å². The van der Waals surface area contributed by atoms with E-state index in [9.17, 15) is 0 Å². The molecule has 1 N–H and O–H groups in total. The lowest BCUT2D eigenvalue weighted by atomic mass is 9.88. The van der Waals surface area contributed by atoms with E-state index in [-0.39, 0.29) is 6.10 Å². The summed E-state index contributed by atoms with van der Waals surface area (Å²) < 4.78 is 6.39. The Morgan fingerprint density at radius 1 is 1.00 bits per heavy atom. The quantitative estimate of drug-likeness (QED) is 0.910. The van der Waals surface area contributed by atoms with E-state index in [1.165, 1.54) is 24.0 Å². The largest absolute Gasteiger partial charge is 0.485 e. The zero-order valence-electron chi connectivity index (χ0n) is 12.6. The molecule has 1 fully saturated rings. The molecule has 0 saturated carbocycles. The molecule has 2 heteroatoms. The first-order valence-electron chi connectivity index (χ1n) is 7.82. The number of ether oxygens (including phenoxy) is 1. The van der Waals surface area contributed by atoms with Crippen LogP contribution in [0.2, 0.25) is 0 Å². The Balaban J connectivity index is 1.85. The van der Waals surface area contributed by atoms with Crippen molar-refractivity contribution in [3.8, 4) is 5.75 Å². The first kappa shape index (κ1) is 14.2. The first-order chi connectivity index (χ1) is 10.3. The highest BCUT2D eigenvalue weighted by molar-refractivity contribution is 5.29. The number of rotatable bonds is 4. The van der Waals surface area contributed by atoms with E-state index in [1.807, 2.05) is 0 Å². The molecule has 1 saturated heterocycles. The Morgan fingerprint density at radius 2 is 1.76 bits per heavy atom. The minimum absolute atomic E-state index is 0.148. The third kappa shape index (κ3) is 3.64. The van der Waals surface area contributed by atoms with Crippen LogP contribution < -0.4 is 10.1 Å². The van der Waals surface area contributed by atoms with Crippen molar-refractivity contribution < 1.29 is 4.74 Å². The Labute approximate surface area is 127 Å². The summed E-state index contributed by atoms with van der Waals surface area (Å²) in [6, 6.07) is 19.0. The Kier molecular flexibility index (Phi) is 4.56. The first-order valence-corrected chi connectivity index (χ1v) is 7.82. The van der Waals surface area contributed by atoms with Crippen LogP contribution in [0.4, 0.5) is 0 Å². The van der Waals surface area contributed by atoms with Crippen molar-refractivity contribution in [2.75, 3.05) is 13.1 Å². The van der Waals surface area contributed by atoms with Crippen molar-refractivity contribution in [2.45, 2.75) is 25.9 Å². The van der Waals surface area contributed by atoms with Crippen LogP contribution in [0.5, 0.6) is 5.75 Å². The second-order valence-electron chi connectivity index (χ2n) is 5.85. The molecular weight excluding hydrogens is 258 g/mol. The molecule has 0 aliphatic carbocycles. The number of nitrogens with one attached hydrogen (secondary N) is 1. The Morgan fingerprint density at radius 3 is 2.48 bits per heavy atom. The van der Waals surface area contributed by atoms with E-state index in [4.69, 9.17) is 4.74 Å². The van der Waals surface area contributed by atoms with Crippen LogP contribution >= 0.6 is 0 Å². The van der Waals surface area contributed by atoms with E-state index < -0.39 is 0 Å². The lowest BCUT2D eigenvalue weighted by Crippen LogP contribution is -2.32. The van der Waals surface area contributed by atoms with Gasteiger partial charge in [-0.3, -0.25) is 0 Å². The zero-order chi connectivity index (χ0) is 14.5. The van der Waals surface area contributed by atoms with E-state index in [0.717, 1.165) is 18.8 Å². The molecule has 0 aromatic heterocycles. The molecule has 1 heterocycles. The summed E-state index contributed by atoms with van der Waals surface area (Å²) in [5.74, 6) is 1.55. The second-order valence-corrected chi connectivity index (χ2v) is 5.85. The molecular formula is C19H23NO. The summed E-state index contributed by atoms with van der Waals surface area (Å²) in [7, 11) is 0. The molecule has 0 amide bonds. The maximum Gasteiger partial charge on any atom is 0.127 e. The van der Waals surface area contributed by atoms with Crippen LogP contribution in [-0.2, 0) is 0 Å². The second kappa shape index (κ2) is 6.77. The third-order valence-corrected chi connectivity index (χ3v) is 4.19. The van der Waals surface area contributed by atoms with E-state index >= 15 is 0 Å². The van der Waals surface area contributed by atoms with E-state index in [2.05, 4.69) is 66.8 Å². The van der Waals surface area contributed by atoms with Gasteiger partial charge in [0.1, 0.15) is 11.9 Å². The molecule has 2 aromatic carbocycles. The van der Waals surface area contributed by atoms with Gasteiger partial charge in [0.15, 0.2) is 0 Å². The minimum atomic E-state index is 0.148. The summed E-state index contributed by atoms with van der Waals surface area (Å²) in [4.78, 5) is 0. The fourth-order valence-electron chi connectivity index (χ4n) is 3.06. The fraction of sp³-hybridized carbons (Fsp3) is 0.368. The maximum atomic E-state index is 6.39. The molecule has 0 radical (unpaired) electrons. The predicted octanol–water partition coefficient (Wildman–Crippen LogP) is 4.11. The summed E-state index contributed by atoms with van der Waals surface area (Å²) in [6.45, 7) is 4.28. The van der Waals surface area contributed by atoms with Gasteiger partial charge >= 0.3 is 0 Å². The lowest BCUT2D eigenvalue weighted by molar-refractivity contribution is 0.112. The number of hydrogen-bond donors (Lipinski definition) is 1. The Bertz CT molecular complexity index is 561. The van der Waals surface area contributed by atoms with Gasteiger partial charge in [-0.15, -0.1) is 0 Å². The van der Waals surface area contributed by atoms with Gasteiger partial charge < -0.3 is 10.1 Å². The molecule has 0 bridgehead atoms. The van der Waals surface area contributed by atoms with Crippen LogP contribution in [0.3, 0.4) is 0 Å². The van der Waals surface area contributed by atoms with Gasteiger partial charge in [-0.2, -0.15) is 0 Å². The Hall–Kier alpha value is -1.80. The normalized spacial score (nSPS) is 17.4. The molecule has 0 spiro atoms. The van der Waals surface area contributed by atoms with Crippen LogP contribution in [0.15, 0.2) is 54.6 Å². The highest BCUT2D eigenvalue weighted by atomic mass is 16.5. The van der Waals surface area contributed by atoms with Gasteiger partial charge in [-0.25, -0.2) is 0 Å². The van der Waals surface area contributed by atoms with Gasteiger partial charge in [-0.05, 0) is 56.1 Å². The number of benzene rings is 2. The monoisotopic (exact) mass is 281 g/mol. The maximum absolute atomic E-state index is 6.39. The van der Waals surface area contributed by atoms with Crippen molar-refractivity contribution >= 4 is 0 Å². The smallest absolute Gasteiger partial charge is 0.127 e. The zero-order valence-corrected chi connectivity index (χ0v) is 12.6. The molecule has 110 valence electrons. The standard InChI is InChI=1S/C19H23NO/c1-15-6-5-9-18(14-15)21-19(16-7-3-2-4-8-16)17-10-12-20-13-11-17/h2-9,14,17,19-20H,10-13H2,1H3. The van der Waals surface area contributed by atoms with Gasteiger partial charge in [0, 0.05) is 5.92 Å². The summed E-state index contributed by atoms with van der Waals surface area (Å²) in [5.41, 5.74) is 2.52. The van der Waals surface area contributed by atoms with Gasteiger partial charge in [0.25, 0.3) is 0 Å². The minimum Gasteiger partial charge on any atom is -0.485 e. The van der Waals surface area contributed by atoms with Crippen molar-refractivity contribution in [2.24, 2.45) is 5.92 Å². The van der Waals surface area contributed by atoms with E-state index in [1.54, 1.807) is 0 Å². The summed E-state index contributed by atoms with van der Waals surface area (Å²) in [6.07, 6.45) is 2.49. The molecule has 21 heavy (non-hydrogen) atoms. The van der Waals surface area contributed by atoms with Gasteiger partial charge in [-0.1, -0.05) is 42.5 Å². The molecule has 1 atom stereocenters. The molecule has 3 rings (SSSR count). The highest BCUT2D eigenvalue weighted by Gasteiger charge is 2.26. The van der Waals surface area contributed by atoms with Gasteiger partial charge in [0.05, 0.1) is 0 Å². The average Bonchev–Trinajstić information content (AvgIpc) is 2.54. The topological polar surface area (TPSA) is 21.3 Å². The van der Waals surface area contributed by atoms with Crippen molar-refractivity contribution in [1.82, 2.24) is 5.32 Å². The van der Waals surface area contributed by atoms with Crippen LogP contribution in [0, 0.1) is 12.8 Å². The average molecular weight is 281 g/mol. The van der Waals surface area contributed by atoms with Crippen molar-refractivity contribution in [1.29, 1.82) is 0 Å². The number of aryl methyl sites for hydroxylation is 1. The molecule has 1 aliphatic heterocycles. The number of piperidine rings is 1. The lowest BCUT2D eigenvalue weighted by Gasteiger charge is -2.31. The van der Waals surface area contributed by atoms with Crippen LogP contribution in [-0.4, -0.2) is 13.1 Å². The van der Waals surface area contributed by atoms with E-state index in [0.29, 0.717) is 5.92 Å². The van der Waals surface area contributed by atoms with Crippen molar-refractivity contribution in [3.63, 3.8) is 0 Å². The summed E-state index contributed by atoms with van der Waals surface area (Å²) >= 11 is 0. The molecule has 1 aliphatic rings. The van der Waals surface area contributed by atoms with Crippen LogP contribution in [0.25, 0.3) is 0 Å². The molecule has 2 aromatic rings. The third-order valence-electron chi connectivity index (χ3n) is 4.19. The number of hydrogen-bond acceptors (Lipinski definition) is 2. The predicted molar refractivity (Wildman–Crippen MR) is 86.6 cm³/mol. The highest BCUT2D eigenvalue weighted by Crippen LogP contribution is 2.33.